The Morgan fingerprint density at radius 1 is 1.10 bits per heavy atom. The molecule has 0 amide bonds. The lowest BCUT2D eigenvalue weighted by molar-refractivity contribution is -0.136. The number of likely N-dealkylation sites (N-methyl/N-ethyl adjacent to an activating group) is 2. The highest BCUT2D eigenvalue weighted by Crippen LogP contribution is 2.33. The van der Waals surface area contributed by atoms with Crippen LogP contribution in [0.15, 0.2) is 57.7 Å². The van der Waals surface area contributed by atoms with Crippen LogP contribution in [0, 0.1) is 0 Å². The average molecular weight is 574 g/mol. The Labute approximate surface area is 238 Å². The molecule has 1 aromatic carbocycles. The zero-order chi connectivity index (χ0) is 29.6. The van der Waals surface area contributed by atoms with Gasteiger partial charge in [-0.05, 0) is 62.7 Å². The Hall–Kier alpha value is -3.48. The molecule has 1 aliphatic rings. The maximum atomic E-state index is 14.2. The first-order valence-corrected chi connectivity index (χ1v) is 13.7. The third kappa shape index (κ3) is 8.05. The van der Waals surface area contributed by atoms with Crippen LogP contribution in [0.2, 0.25) is 0 Å². The fraction of sp³-hybridized carbons (Fsp3) is 0.483. The highest BCUT2D eigenvalue weighted by Gasteiger charge is 2.35. The molecule has 12 heteroatoms. The number of hydrogen-bond acceptors (Lipinski definition) is 6. The summed E-state index contributed by atoms with van der Waals surface area (Å²) in [6.07, 6.45) is 2.20. The number of nitrogens with zero attached hydrogens (tertiary/aromatic N) is 7. The molecule has 0 aliphatic carbocycles. The van der Waals surface area contributed by atoms with E-state index < -0.39 is 17.4 Å². The van der Waals surface area contributed by atoms with Crippen LogP contribution in [0.25, 0.3) is 11.2 Å². The second kappa shape index (κ2) is 13.5. The predicted molar refractivity (Wildman–Crippen MR) is 155 cm³/mol. The Balaban J connectivity index is 1.54. The van der Waals surface area contributed by atoms with Gasteiger partial charge in [-0.25, -0.2) is 4.79 Å². The molecule has 0 saturated carbocycles. The van der Waals surface area contributed by atoms with Gasteiger partial charge in [0.25, 0.3) is 0 Å². The van der Waals surface area contributed by atoms with Crippen LogP contribution in [0.4, 0.5) is 13.2 Å². The summed E-state index contributed by atoms with van der Waals surface area (Å²) in [5.74, 6) is 0. The molecule has 2 aromatic heterocycles. The van der Waals surface area contributed by atoms with E-state index in [0.29, 0.717) is 37.4 Å². The first-order chi connectivity index (χ1) is 19.5. The third-order valence-electron chi connectivity index (χ3n) is 7.23. The lowest BCUT2D eigenvalue weighted by Crippen LogP contribution is -2.37. The van der Waals surface area contributed by atoms with Crippen molar-refractivity contribution in [2.24, 2.45) is 10.2 Å². The molecular formula is C29H38F3N7O2. The predicted octanol–water partition coefficient (Wildman–Crippen LogP) is 3.77. The lowest BCUT2D eigenvalue weighted by Gasteiger charge is -2.32. The van der Waals surface area contributed by atoms with Gasteiger partial charge in [-0.3, -0.25) is 13.9 Å². The number of benzene rings is 1. The summed E-state index contributed by atoms with van der Waals surface area (Å²) in [6, 6.07) is 8.41. The quantitative estimate of drug-likeness (QED) is 0.188. The van der Waals surface area contributed by atoms with Crippen molar-refractivity contribution in [3.8, 4) is 5.69 Å². The maximum Gasteiger partial charge on any atom is 0.418 e. The third-order valence-corrected chi connectivity index (χ3v) is 7.23. The minimum absolute atomic E-state index is 0.157. The van der Waals surface area contributed by atoms with E-state index in [1.807, 2.05) is 38.2 Å². The van der Waals surface area contributed by atoms with Crippen molar-refractivity contribution in [2.45, 2.75) is 38.1 Å². The smallest absolute Gasteiger partial charge is 0.377 e. The second-order valence-corrected chi connectivity index (χ2v) is 10.7. The molecule has 0 bridgehead atoms. The maximum absolute atomic E-state index is 14.2. The molecule has 1 fully saturated rings. The molecule has 41 heavy (non-hydrogen) atoms. The number of aromatic nitrogens is 2. The van der Waals surface area contributed by atoms with E-state index in [4.69, 9.17) is 4.74 Å². The van der Waals surface area contributed by atoms with Crippen LogP contribution in [0.3, 0.4) is 0 Å². The van der Waals surface area contributed by atoms with Crippen LogP contribution in [0.5, 0.6) is 0 Å². The fourth-order valence-corrected chi connectivity index (χ4v) is 4.99. The fourth-order valence-electron chi connectivity index (χ4n) is 4.99. The van der Waals surface area contributed by atoms with Crippen molar-refractivity contribution in [3.05, 3.63) is 69.9 Å². The van der Waals surface area contributed by atoms with Gasteiger partial charge in [0.15, 0.2) is 0 Å². The van der Waals surface area contributed by atoms with Gasteiger partial charge in [0, 0.05) is 58.9 Å². The molecule has 1 saturated heterocycles. The number of fused-ring (bicyclic) bond motifs is 1. The largest absolute Gasteiger partial charge is 0.418 e. The topological polar surface area (TPSA) is 70.1 Å². The molecule has 1 aliphatic heterocycles. The number of alkyl halides is 3. The first-order valence-electron chi connectivity index (χ1n) is 13.7. The standard InChI is InChI=1S/C29H38F3N7O2/c1-33-34-21-36(4)11-8-22-6-5-7-24(16-22)38-20-27-26(29(30,31)32)17-23(19-39(27)28(38)40)18-37-12-9-25(10-13-37)41-15-14-35(2)3/h5-7,16-17,19-21,25H,1,8-15,18H2,2-4H3/b34-21-. The van der Waals surface area contributed by atoms with Crippen molar-refractivity contribution in [3.63, 3.8) is 0 Å². The minimum atomic E-state index is -4.61. The number of hydrogen-bond donors (Lipinski definition) is 0. The van der Waals surface area contributed by atoms with Crippen molar-refractivity contribution in [1.29, 1.82) is 0 Å². The minimum Gasteiger partial charge on any atom is -0.377 e. The van der Waals surface area contributed by atoms with Crippen LogP contribution in [-0.2, 0) is 23.9 Å². The molecule has 3 aromatic rings. The molecule has 0 spiro atoms. The zero-order valence-corrected chi connectivity index (χ0v) is 23.8. The Morgan fingerprint density at radius 2 is 1.85 bits per heavy atom. The van der Waals surface area contributed by atoms with E-state index >= 15 is 0 Å². The molecule has 222 valence electrons. The summed E-state index contributed by atoms with van der Waals surface area (Å²) in [5, 5.41) is 7.18. The van der Waals surface area contributed by atoms with Gasteiger partial charge >= 0.3 is 11.9 Å². The zero-order valence-electron chi connectivity index (χ0n) is 23.8. The number of likely N-dealkylation sites (tertiary alicyclic amines) is 1. The van der Waals surface area contributed by atoms with E-state index in [1.54, 1.807) is 18.5 Å². The summed E-state index contributed by atoms with van der Waals surface area (Å²) >= 11 is 0. The average Bonchev–Trinajstić information content (AvgIpc) is 3.26. The number of ether oxygens (including phenoxy) is 1. The van der Waals surface area contributed by atoms with E-state index in [2.05, 4.69) is 26.7 Å². The first kappa shape index (κ1) is 30.5. The Kier molecular flexibility index (Phi) is 10.0. The van der Waals surface area contributed by atoms with Crippen molar-refractivity contribution in [1.82, 2.24) is 23.7 Å². The van der Waals surface area contributed by atoms with Crippen molar-refractivity contribution in [2.75, 3.05) is 53.9 Å². The number of halogens is 3. The summed E-state index contributed by atoms with van der Waals surface area (Å²) in [5.41, 5.74) is 0.356. The molecular weight excluding hydrogens is 535 g/mol. The van der Waals surface area contributed by atoms with E-state index in [-0.39, 0.29) is 11.6 Å². The van der Waals surface area contributed by atoms with Crippen LogP contribution < -0.4 is 5.69 Å². The number of piperidine rings is 1. The number of imidazole rings is 1. The van der Waals surface area contributed by atoms with Crippen molar-refractivity contribution < 1.29 is 17.9 Å². The molecule has 0 radical (unpaired) electrons. The van der Waals surface area contributed by atoms with Gasteiger partial charge < -0.3 is 14.5 Å². The SMILES string of the molecule is C=N/N=C\N(C)CCc1cccc(-n2cc3c(C(F)(F)F)cc(CN4CCC(OCCN(C)C)CC4)cn3c2=O)c1. The van der Waals surface area contributed by atoms with E-state index in [0.717, 1.165) is 42.4 Å². The van der Waals surface area contributed by atoms with Crippen LogP contribution >= 0.6 is 0 Å². The molecule has 0 atom stereocenters. The lowest BCUT2D eigenvalue weighted by atomic mass is 10.1. The number of pyridine rings is 1. The van der Waals surface area contributed by atoms with Gasteiger partial charge in [-0.1, -0.05) is 12.1 Å². The Morgan fingerprint density at radius 3 is 2.54 bits per heavy atom. The molecule has 3 heterocycles. The summed E-state index contributed by atoms with van der Waals surface area (Å²) in [6.45, 7) is 7.22. The molecule has 0 N–H and O–H groups in total. The molecule has 9 nitrogen and oxygen atoms in total. The monoisotopic (exact) mass is 573 g/mol. The normalized spacial score (nSPS) is 15.4. The van der Waals surface area contributed by atoms with Gasteiger partial charge in [-0.15, -0.1) is 5.10 Å². The van der Waals surface area contributed by atoms with E-state index in [9.17, 15) is 18.0 Å². The van der Waals surface area contributed by atoms with Crippen LogP contribution in [0.1, 0.15) is 29.5 Å². The highest BCUT2D eigenvalue weighted by molar-refractivity contribution is 5.58. The van der Waals surface area contributed by atoms with Crippen molar-refractivity contribution >= 4 is 18.6 Å². The summed E-state index contributed by atoms with van der Waals surface area (Å²) < 4.78 is 50.9. The Bertz CT molecular complexity index is 1410. The highest BCUT2D eigenvalue weighted by atomic mass is 19.4. The van der Waals surface area contributed by atoms with Gasteiger partial charge in [0.2, 0.25) is 0 Å². The summed E-state index contributed by atoms with van der Waals surface area (Å²) in [4.78, 5) is 19.4. The second-order valence-electron chi connectivity index (χ2n) is 10.7. The summed E-state index contributed by atoms with van der Waals surface area (Å²) in [7, 11) is 5.84. The van der Waals surface area contributed by atoms with Crippen LogP contribution in [-0.4, -0.2) is 96.8 Å². The number of rotatable bonds is 12. The van der Waals surface area contributed by atoms with Gasteiger partial charge in [0.05, 0.1) is 29.5 Å². The molecule has 0 unspecified atom stereocenters. The molecule has 4 rings (SSSR count). The van der Waals surface area contributed by atoms with Gasteiger partial charge in [-0.2, -0.15) is 18.3 Å². The van der Waals surface area contributed by atoms with E-state index in [1.165, 1.54) is 23.0 Å². The van der Waals surface area contributed by atoms with Gasteiger partial charge in [0.1, 0.15) is 6.34 Å².